The van der Waals surface area contributed by atoms with E-state index in [-0.39, 0.29) is 4.90 Å². The van der Waals surface area contributed by atoms with Crippen molar-refractivity contribution in [2.24, 2.45) is 0 Å². The molecule has 1 rings (SSSR count). The first-order valence-electron chi connectivity index (χ1n) is 5.51. The number of halogens is 1. The lowest BCUT2D eigenvalue weighted by atomic mass is 10.3. The molecule has 0 radical (unpaired) electrons. The van der Waals surface area contributed by atoms with Gasteiger partial charge in [0.05, 0.1) is 4.90 Å². The summed E-state index contributed by atoms with van der Waals surface area (Å²) in [5.41, 5.74) is 6.00. The van der Waals surface area contributed by atoms with Gasteiger partial charge in [-0.2, -0.15) is 0 Å². The van der Waals surface area contributed by atoms with Crippen LogP contribution >= 0.6 is 15.9 Å². The first kappa shape index (κ1) is 15.4. The van der Waals surface area contributed by atoms with Gasteiger partial charge in [-0.1, -0.05) is 0 Å². The van der Waals surface area contributed by atoms with Crippen molar-refractivity contribution in [3.05, 3.63) is 22.7 Å². The number of unbranched alkanes of at least 4 members (excludes halogenated alkanes) is 1. The van der Waals surface area contributed by atoms with E-state index in [0.717, 1.165) is 12.8 Å². The smallest absolute Gasteiger partial charge is 0.241 e. The number of hydrogen-bond donors (Lipinski definition) is 2. The number of rotatable bonds is 7. The Morgan fingerprint density at radius 1 is 1.39 bits per heavy atom. The van der Waals surface area contributed by atoms with E-state index in [2.05, 4.69) is 20.7 Å². The molecule has 0 aromatic heterocycles. The molecule has 7 heteroatoms. The van der Waals surface area contributed by atoms with Crippen molar-refractivity contribution in [1.29, 1.82) is 0 Å². The Hall–Kier alpha value is -0.630. The minimum absolute atomic E-state index is 0.161. The minimum Gasteiger partial charge on any atom is -0.399 e. The second-order valence-corrected chi connectivity index (χ2v) is 6.38. The fourth-order valence-corrected chi connectivity index (χ4v) is 3.45. The number of sulfonamides is 1. The van der Waals surface area contributed by atoms with Gasteiger partial charge >= 0.3 is 0 Å². The van der Waals surface area contributed by atoms with Crippen molar-refractivity contribution in [1.82, 2.24) is 4.72 Å². The fraction of sp³-hybridized carbons (Fsp3) is 0.455. The summed E-state index contributed by atoms with van der Waals surface area (Å²) in [6.45, 7) is 1.01. The highest BCUT2D eigenvalue weighted by Gasteiger charge is 2.17. The average molecular weight is 337 g/mol. The Morgan fingerprint density at radius 2 is 2.11 bits per heavy atom. The number of nitrogens with one attached hydrogen (secondary N) is 1. The molecule has 1 aromatic rings. The minimum atomic E-state index is -3.52. The molecule has 0 heterocycles. The lowest BCUT2D eigenvalue weighted by molar-refractivity contribution is 0.193. The highest BCUT2D eigenvalue weighted by atomic mass is 79.9. The normalized spacial score (nSPS) is 11.7. The predicted molar refractivity (Wildman–Crippen MR) is 74.9 cm³/mol. The van der Waals surface area contributed by atoms with Crippen LogP contribution in [0.1, 0.15) is 12.8 Å². The van der Waals surface area contributed by atoms with Crippen LogP contribution in [0.5, 0.6) is 0 Å². The zero-order chi connectivity index (χ0) is 13.6. The van der Waals surface area contributed by atoms with Gasteiger partial charge in [-0.25, -0.2) is 13.1 Å². The van der Waals surface area contributed by atoms with Gasteiger partial charge in [0.25, 0.3) is 0 Å². The summed E-state index contributed by atoms with van der Waals surface area (Å²) in [6, 6.07) is 4.69. The number of nitrogens with two attached hydrogens (primary N) is 1. The molecule has 0 aliphatic carbocycles. The van der Waals surface area contributed by atoms with E-state index in [1.54, 1.807) is 19.2 Å². The number of ether oxygens (including phenoxy) is 1. The third kappa shape index (κ3) is 4.56. The number of methoxy groups -OCH3 is 1. The molecular formula is C11H17BrN2O3S. The van der Waals surface area contributed by atoms with Gasteiger partial charge in [0, 0.05) is 30.4 Å². The van der Waals surface area contributed by atoms with Gasteiger partial charge in [-0.05, 0) is 47.0 Å². The van der Waals surface area contributed by atoms with Crippen molar-refractivity contribution >= 4 is 31.6 Å². The Labute approximate surface area is 116 Å². The molecule has 0 fully saturated rings. The highest BCUT2D eigenvalue weighted by Crippen LogP contribution is 2.23. The lowest BCUT2D eigenvalue weighted by Gasteiger charge is -2.09. The van der Waals surface area contributed by atoms with Crippen molar-refractivity contribution in [2.45, 2.75) is 17.7 Å². The van der Waals surface area contributed by atoms with E-state index in [1.165, 1.54) is 6.07 Å². The number of anilines is 1. The van der Waals surface area contributed by atoms with Crippen LogP contribution in [-0.2, 0) is 14.8 Å². The largest absolute Gasteiger partial charge is 0.399 e. The quantitative estimate of drug-likeness (QED) is 0.587. The summed E-state index contributed by atoms with van der Waals surface area (Å²) in [4.78, 5) is 0.161. The SMILES string of the molecule is COCCCCNS(=O)(=O)c1cc(N)ccc1Br. The molecule has 102 valence electrons. The van der Waals surface area contributed by atoms with Crippen LogP contribution in [0.2, 0.25) is 0 Å². The first-order valence-corrected chi connectivity index (χ1v) is 7.78. The molecule has 0 amide bonds. The van der Waals surface area contributed by atoms with Crippen LogP contribution in [-0.4, -0.2) is 28.7 Å². The molecule has 0 spiro atoms. The van der Waals surface area contributed by atoms with Gasteiger partial charge in [0.2, 0.25) is 10.0 Å². The summed E-state index contributed by atoms with van der Waals surface area (Å²) < 4.78 is 31.9. The number of hydrogen-bond acceptors (Lipinski definition) is 4. The Balaban J connectivity index is 2.66. The maximum Gasteiger partial charge on any atom is 0.241 e. The summed E-state index contributed by atoms with van der Waals surface area (Å²) in [5, 5.41) is 0. The van der Waals surface area contributed by atoms with E-state index >= 15 is 0 Å². The van der Waals surface area contributed by atoms with Gasteiger partial charge in [-0.15, -0.1) is 0 Å². The monoisotopic (exact) mass is 336 g/mol. The Kier molecular flexibility index (Phi) is 6.07. The van der Waals surface area contributed by atoms with E-state index in [9.17, 15) is 8.42 Å². The van der Waals surface area contributed by atoms with Gasteiger partial charge in [0.15, 0.2) is 0 Å². The summed E-state index contributed by atoms with van der Waals surface area (Å²) in [6.07, 6.45) is 1.55. The Bertz CT molecular complexity index is 491. The van der Waals surface area contributed by atoms with E-state index in [0.29, 0.717) is 23.3 Å². The average Bonchev–Trinajstić information content (AvgIpc) is 2.32. The van der Waals surface area contributed by atoms with Crippen molar-refractivity contribution < 1.29 is 13.2 Å². The number of nitrogen functional groups attached to an aromatic ring is 1. The molecule has 1 aromatic carbocycles. The van der Waals surface area contributed by atoms with Gasteiger partial charge < -0.3 is 10.5 Å². The van der Waals surface area contributed by atoms with Crippen LogP contribution in [0.3, 0.4) is 0 Å². The molecule has 0 bridgehead atoms. The van der Waals surface area contributed by atoms with Gasteiger partial charge in [0.1, 0.15) is 0 Å². The third-order valence-electron chi connectivity index (χ3n) is 2.31. The molecule has 3 N–H and O–H groups in total. The topological polar surface area (TPSA) is 81.4 Å². The molecule has 0 saturated heterocycles. The molecule has 0 aliphatic heterocycles. The summed E-state index contributed by atoms with van der Waals surface area (Å²) in [5.74, 6) is 0. The van der Waals surface area contributed by atoms with E-state index < -0.39 is 10.0 Å². The van der Waals surface area contributed by atoms with Crippen molar-refractivity contribution in [2.75, 3.05) is 26.0 Å². The Morgan fingerprint density at radius 3 is 2.78 bits per heavy atom. The summed E-state index contributed by atoms with van der Waals surface area (Å²) >= 11 is 3.21. The van der Waals surface area contributed by atoms with E-state index in [1.807, 2.05) is 0 Å². The molecule has 0 saturated carbocycles. The summed E-state index contributed by atoms with van der Waals surface area (Å²) in [7, 11) is -1.90. The van der Waals surface area contributed by atoms with Crippen molar-refractivity contribution in [3.8, 4) is 0 Å². The van der Waals surface area contributed by atoms with Crippen LogP contribution in [0.25, 0.3) is 0 Å². The zero-order valence-electron chi connectivity index (χ0n) is 10.1. The second kappa shape index (κ2) is 7.08. The fourth-order valence-electron chi connectivity index (χ4n) is 1.38. The lowest BCUT2D eigenvalue weighted by Crippen LogP contribution is -2.25. The maximum atomic E-state index is 12.0. The molecule has 0 aliphatic rings. The molecule has 5 nitrogen and oxygen atoms in total. The molecule has 0 atom stereocenters. The predicted octanol–water partition coefficient (Wildman–Crippen LogP) is 1.74. The zero-order valence-corrected chi connectivity index (χ0v) is 12.6. The second-order valence-electron chi connectivity index (χ2n) is 3.79. The first-order chi connectivity index (χ1) is 8.47. The standard InChI is InChI=1S/C11H17BrN2O3S/c1-17-7-3-2-6-14-18(15,16)11-8-9(13)4-5-10(11)12/h4-5,8,14H,2-3,6-7,13H2,1H3. The molecule has 18 heavy (non-hydrogen) atoms. The van der Waals surface area contributed by atoms with Crippen LogP contribution in [0.4, 0.5) is 5.69 Å². The molecule has 0 unspecified atom stereocenters. The van der Waals surface area contributed by atoms with Crippen LogP contribution in [0.15, 0.2) is 27.6 Å². The highest BCUT2D eigenvalue weighted by molar-refractivity contribution is 9.10. The van der Waals surface area contributed by atoms with E-state index in [4.69, 9.17) is 10.5 Å². The van der Waals surface area contributed by atoms with Crippen molar-refractivity contribution in [3.63, 3.8) is 0 Å². The van der Waals surface area contributed by atoms with Crippen LogP contribution < -0.4 is 10.5 Å². The molecular weight excluding hydrogens is 320 g/mol. The third-order valence-corrected chi connectivity index (χ3v) is 4.77. The maximum absolute atomic E-state index is 12.0. The number of benzene rings is 1. The van der Waals surface area contributed by atoms with Gasteiger partial charge in [-0.3, -0.25) is 0 Å². The van der Waals surface area contributed by atoms with Crippen LogP contribution in [0, 0.1) is 0 Å².